The van der Waals surface area contributed by atoms with Crippen LogP contribution in [0.25, 0.3) is 0 Å². The number of phenols is 1. The van der Waals surface area contributed by atoms with Crippen molar-refractivity contribution in [1.82, 2.24) is 0 Å². The third kappa shape index (κ3) is 3.11. The smallest absolute Gasteiger partial charge is 0.265 e. The van der Waals surface area contributed by atoms with Gasteiger partial charge in [-0.25, -0.2) is 0 Å². The van der Waals surface area contributed by atoms with Crippen molar-refractivity contribution in [2.24, 2.45) is 38.9 Å². The highest BCUT2D eigenvalue weighted by atomic mass is 32.2. The number of rotatable bonds is 4. The number of Topliss-reactive ketones (excluding diaryl/α,β-unsaturated/α-hetero) is 2. The first-order valence-corrected chi connectivity index (χ1v) is 12.7. The Labute approximate surface area is 191 Å². The predicted molar refractivity (Wildman–Crippen MR) is 123 cm³/mol. The average Bonchev–Trinajstić information content (AvgIpc) is 2.87. The molecule has 3 rings (SSSR count). The van der Waals surface area contributed by atoms with Gasteiger partial charge in [0.25, 0.3) is 10.1 Å². The van der Waals surface area contributed by atoms with E-state index in [2.05, 4.69) is 0 Å². The largest absolute Gasteiger partial charge is 0.507 e. The molecule has 2 aliphatic rings. The maximum atomic E-state index is 14.6. The van der Waals surface area contributed by atoms with Crippen LogP contribution in [0.1, 0.15) is 72.2 Å². The number of phenolic OH excluding ortho intramolecular Hbond substituents is 1. The van der Waals surface area contributed by atoms with Crippen molar-refractivity contribution in [3.8, 4) is 5.75 Å². The summed E-state index contributed by atoms with van der Waals surface area (Å²) in [6.45, 7) is 15.1. The van der Waals surface area contributed by atoms with E-state index in [0.717, 1.165) is 0 Å². The van der Waals surface area contributed by atoms with Gasteiger partial charge in [-0.05, 0) is 35.3 Å². The van der Waals surface area contributed by atoms with Gasteiger partial charge in [0.1, 0.15) is 11.5 Å². The maximum absolute atomic E-state index is 14.6. The van der Waals surface area contributed by atoms with E-state index in [9.17, 15) is 27.7 Å². The van der Waals surface area contributed by atoms with Crippen LogP contribution in [0.2, 0.25) is 0 Å². The molecule has 0 saturated heterocycles. The van der Waals surface area contributed by atoms with Gasteiger partial charge >= 0.3 is 0 Å². The Bertz CT molecular complexity index is 1080. The summed E-state index contributed by atoms with van der Waals surface area (Å²) >= 11 is 0. The molecule has 1 aromatic rings. The minimum atomic E-state index is -4.52. The molecule has 5 unspecified atom stereocenters. The average molecular weight is 465 g/mol. The monoisotopic (exact) mass is 464 g/mol. The van der Waals surface area contributed by atoms with Crippen LogP contribution in [-0.4, -0.2) is 35.4 Å². The van der Waals surface area contributed by atoms with Gasteiger partial charge < -0.3 is 5.11 Å². The van der Waals surface area contributed by atoms with Crippen LogP contribution >= 0.6 is 0 Å². The fraction of sp³-hybridized carbons (Fsp3) is 0.680. The Hall–Kier alpha value is -1.73. The quantitative estimate of drug-likeness (QED) is 0.491. The first-order valence-electron chi connectivity index (χ1n) is 11.1. The van der Waals surface area contributed by atoms with Crippen LogP contribution in [0, 0.1) is 38.9 Å². The Morgan fingerprint density at radius 1 is 1.06 bits per heavy atom. The summed E-state index contributed by atoms with van der Waals surface area (Å²) in [6, 6.07) is 6.21. The molecule has 0 spiro atoms. The second-order valence-electron chi connectivity index (χ2n) is 12.4. The number of carbonyl (C=O) groups excluding carboxylic acids is 2. The van der Waals surface area contributed by atoms with Gasteiger partial charge in [-0.2, -0.15) is 8.42 Å². The number of aromatic hydroxyl groups is 1. The van der Waals surface area contributed by atoms with E-state index >= 15 is 0 Å². The second kappa shape index (κ2) is 6.89. The van der Waals surface area contributed by atoms with Gasteiger partial charge in [0.05, 0.1) is 16.7 Å². The van der Waals surface area contributed by atoms with Crippen molar-refractivity contribution in [2.75, 3.05) is 5.75 Å². The van der Waals surface area contributed by atoms with Crippen molar-refractivity contribution in [3.05, 3.63) is 29.8 Å². The van der Waals surface area contributed by atoms with Crippen LogP contribution in [0.15, 0.2) is 24.3 Å². The zero-order chi connectivity index (χ0) is 24.7. The summed E-state index contributed by atoms with van der Waals surface area (Å²) in [4.78, 5) is 28.6. The number of carbonyl (C=O) groups is 2. The lowest BCUT2D eigenvalue weighted by atomic mass is 9.48. The van der Waals surface area contributed by atoms with Crippen LogP contribution in [0.3, 0.4) is 0 Å². The van der Waals surface area contributed by atoms with Crippen molar-refractivity contribution < 1.29 is 27.7 Å². The first-order chi connectivity index (χ1) is 14.2. The molecule has 1 aromatic carbocycles. The van der Waals surface area contributed by atoms with Gasteiger partial charge in [0, 0.05) is 16.7 Å². The highest BCUT2D eigenvalue weighted by Crippen LogP contribution is 2.80. The molecule has 2 fully saturated rings. The van der Waals surface area contributed by atoms with Gasteiger partial charge in [-0.1, -0.05) is 67.5 Å². The minimum Gasteiger partial charge on any atom is -0.507 e. The molecule has 2 aliphatic carbocycles. The van der Waals surface area contributed by atoms with E-state index in [-0.39, 0.29) is 23.0 Å². The Balaban J connectivity index is 2.52. The van der Waals surface area contributed by atoms with Crippen LogP contribution in [0.4, 0.5) is 0 Å². The van der Waals surface area contributed by atoms with Crippen molar-refractivity contribution in [1.29, 1.82) is 0 Å². The SMILES string of the molecule is CC(C)(C)C1CC2(C)C(=O)C(C(C)(C)C)C1(C(=O)c1ccccc1O)C2(C)CS(=O)(=O)O. The van der Waals surface area contributed by atoms with Crippen LogP contribution in [-0.2, 0) is 14.9 Å². The van der Waals surface area contributed by atoms with Gasteiger partial charge in [0.2, 0.25) is 0 Å². The van der Waals surface area contributed by atoms with E-state index < -0.39 is 54.6 Å². The standard InChI is InChI=1S/C25H36O6S/c1-21(2,3)17-13-23(7)20(28)18(22(4,5)6)25(17,24(23,8)14-32(29,30)31)19(27)15-11-9-10-12-16(15)26/h9-12,17-18,26H,13-14H2,1-8H3,(H,29,30,31). The zero-order valence-electron chi connectivity index (χ0n) is 20.3. The fourth-order valence-electron chi connectivity index (χ4n) is 7.19. The van der Waals surface area contributed by atoms with Gasteiger partial charge in [-0.3, -0.25) is 14.1 Å². The number of hydrogen-bond acceptors (Lipinski definition) is 5. The lowest BCUT2D eigenvalue weighted by Gasteiger charge is -2.53. The number of ketones is 2. The normalized spacial score (nSPS) is 35.3. The zero-order valence-corrected chi connectivity index (χ0v) is 21.1. The molecular formula is C25H36O6S. The number of para-hydroxylation sites is 1. The molecule has 178 valence electrons. The molecule has 7 heteroatoms. The summed E-state index contributed by atoms with van der Waals surface area (Å²) in [5, 5.41) is 10.6. The number of hydrogen-bond donors (Lipinski definition) is 2. The minimum absolute atomic E-state index is 0.0801. The van der Waals surface area contributed by atoms with Crippen molar-refractivity contribution >= 4 is 21.7 Å². The molecule has 0 radical (unpaired) electrons. The molecule has 6 nitrogen and oxygen atoms in total. The van der Waals surface area contributed by atoms with E-state index in [1.165, 1.54) is 12.1 Å². The summed E-state index contributed by atoms with van der Waals surface area (Å²) in [5.41, 5.74) is -4.93. The molecule has 0 amide bonds. The Morgan fingerprint density at radius 2 is 1.59 bits per heavy atom. The molecular weight excluding hydrogens is 428 g/mol. The number of fused-ring (bicyclic) bond motifs is 2. The van der Waals surface area contributed by atoms with Crippen LogP contribution in [0.5, 0.6) is 5.75 Å². The molecule has 2 N–H and O–H groups in total. The van der Waals surface area contributed by atoms with E-state index in [4.69, 9.17) is 0 Å². The molecule has 0 aliphatic heterocycles. The predicted octanol–water partition coefficient (Wildman–Crippen LogP) is 4.77. The van der Waals surface area contributed by atoms with Crippen molar-refractivity contribution in [2.45, 2.75) is 61.8 Å². The number of benzene rings is 1. The molecule has 0 heterocycles. The molecule has 5 atom stereocenters. The highest BCUT2D eigenvalue weighted by molar-refractivity contribution is 7.85. The topological polar surface area (TPSA) is 109 Å². The van der Waals surface area contributed by atoms with Crippen molar-refractivity contribution in [3.63, 3.8) is 0 Å². The van der Waals surface area contributed by atoms with E-state index in [1.807, 2.05) is 41.5 Å². The first kappa shape index (κ1) is 24.9. The van der Waals surface area contributed by atoms with Crippen LogP contribution < -0.4 is 0 Å². The fourth-order valence-corrected chi connectivity index (χ4v) is 8.48. The second-order valence-corrected chi connectivity index (χ2v) is 13.8. The van der Waals surface area contributed by atoms with E-state index in [1.54, 1.807) is 26.0 Å². The Kier molecular flexibility index (Phi) is 5.36. The molecule has 0 aromatic heterocycles. The molecule has 2 bridgehead atoms. The Morgan fingerprint density at radius 3 is 2.03 bits per heavy atom. The summed E-state index contributed by atoms with van der Waals surface area (Å²) < 4.78 is 34.7. The highest BCUT2D eigenvalue weighted by Gasteiger charge is 2.84. The van der Waals surface area contributed by atoms with E-state index in [0.29, 0.717) is 6.42 Å². The molecule has 2 saturated carbocycles. The maximum Gasteiger partial charge on any atom is 0.265 e. The summed E-state index contributed by atoms with van der Waals surface area (Å²) in [5.74, 6) is -2.58. The summed E-state index contributed by atoms with van der Waals surface area (Å²) in [6.07, 6.45) is 0.341. The third-order valence-corrected chi connectivity index (χ3v) is 9.40. The lowest BCUT2D eigenvalue weighted by Crippen LogP contribution is -2.57. The lowest BCUT2D eigenvalue weighted by molar-refractivity contribution is -0.139. The van der Waals surface area contributed by atoms with Gasteiger partial charge in [0.15, 0.2) is 5.78 Å². The third-order valence-electron chi connectivity index (χ3n) is 8.46. The summed E-state index contributed by atoms with van der Waals surface area (Å²) in [7, 11) is -4.52. The molecule has 32 heavy (non-hydrogen) atoms. The van der Waals surface area contributed by atoms with Gasteiger partial charge in [-0.15, -0.1) is 0 Å².